The zero-order chi connectivity index (χ0) is 22.2. The van der Waals surface area contributed by atoms with E-state index in [9.17, 15) is 17.9 Å². The van der Waals surface area contributed by atoms with Crippen molar-refractivity contribution >= 4 is 28.7 Å². The molecule has 2 aromatic carbocycles. The number of carbonyl (C=O) groups is 1. The van der Waals surface area contributed by atoms with E-state index < -0.39 is 11.3 Å². The Bertz CT molecular complexity index is 1050. The molecule has 0 aliphatic heterocycles. The van der Waals surface area contributed by atoms with Crippen LogP contribution in [0.2, 0.25) is 0 Å². The molecule has 3 rings (SSSR count). The molecule has 1 heterocycles. The second-order valence-electron chi connectivity index (χ2n) is 6.57. The van der Waals surface area contributed by atoms with Crippen LogP contribution in [0, 0.1) is 5.82 Å². The third kappa shape index (κ3) is 6.17. The standard InChI is InChI=1S/C22H22FN3O4S/c1-30-14-13-24-22(27)15-19-3-2-4-21(25-19)26(31(28)29)20-11-7-17(8-12-20)16-5-9-18(23)10-6-16/h2-12H,13-15H2,1H3,(H,24,27)(H,28,29)/p-1. The molecular formula is C22H21FN3O4S-. The number of pyridine rings is 1. The molecule has 0 bridgehead atoms. The van der Waals surface area contributed by atoms with E-state index >= 15 is 0 Å². The Morgan fingerprint density at radius 2 is 1.74 bits per heavy atom. The summed E-state index contributed by atoms with van der Waals surface area (Å²) in [6, 6.07) is 17.6. The van der Waals surface area contributed by atoms with Crippen molar-refractivity contribution < 1.29 is 22.7 Å². The Hall–Kier alpha value is -3.14. The summed E-state index contributed by atoms with van der Waals surface area (Å²) in [4.78, 5) is 16.3. The molecule has 0 fully saturated rings. The summed E-state index contributed by atoms with van der Waals surface area (Å²) in [7, 11) is 1.54. The van der Waals surface area contributed by atoms with Gasteiger partial charge in [-0.15, -0.1) is 0 Å². The molecule has 1 N–H and O–H groups in total. The number of halogens is 1. The van der Waals surface area contributed by atoms with Crippen molar-refractivity contribution in [2.75, 3.05) is 24.6 Å². The Kier molecular flexibility index (Phi) is 7.82. The predicted molar refractivity (Wildman–Crippen MR) is 116 cm³/mol. The second-order valence-corrected chi connectivity index (χ2v) is 7.37. The quantitative estimate of drug-likeness (QED) is 0.406. The summed E-state index contributed by atoms with van der Waals surface area (Å²) in [6.45, 7) is 0.780. The van der Waals surface area contributed by atoms with Crippen molar-refractivity contribution in [1.29, 1.82) is 0 Å². The highest BCUT2D eigenvalue weighted by Crippen LogP contribution is 2.28. The van der Waals surface area contributed by atoms with Crippen LogP contribution in [-0.2, 0) is 27.2 Å². The lowest BCUT2D eigenvalue weighted by Crippen LogP contribution is -2.29. The molecule has 7 nitrogen and oxygen atoms in total. The Labute approximate surface area is 182 Å². The van der Waals surface area contributed by atoms with E-state index in [0.29, 0.717) is 24.5 Å². The molecule has 1 atom stereocenters. The fraction of sp³-hybridized carbons (Fsp3) is 0.182. The van der Waals surface area contributed by atoms with Crippen LogP contribution in [0.1, 0.15) is 5.69 Å². The summed E-state index contributed by atoms with van der Waals surface area (Å²) < 4.78 is 43.0. The van der Waals surface area contributed by atoms with Crippen molar-refractivity contribution in [3.63, 3.8) is 0 Å². The van der Waals surface area contributed by atoms with E-state index in [4.69, 9.17) is 4.74 Å². The van der Waals surface area contributed by atoms with Gasteiger partial charge < -0.3 is 14.6 Å². The number of methoxy groups -OCH3 is 1. The molecule has 0 saturated heterocycles. The van der Waals surface area contributed by atoms with Crippen LogP contribution >= 0.6 is 0 Å². The van der Waals surface area contributed by atoms with E-state index in [2.05, 4.69) is 10.3 Å². The molecule has 3 aromatic rings. The maximum absolute atomic E-state index is 13.1. The number of amides is 1. The van der Waals surface area contributed by atoms with E-state index in [1.807, 2.05) is 0 Å². The number of aromatic nitrogens is 1. The summed E-state index contributed by atoms with van der Waals surface area (Å²) >= 11 is -2.63. The molecule has 9 heteroatoms. The lowest BCUT2D eigenvalue weighted by atomic mass is 10.1. The van der Waals surface area contributed by atoms with Gasteiger partial charge in [-0.1, -0.05) is 30.3 Å². The minimum absolute atomic E-state index is 0.0143. The first kappa shape index (κ1) is 22.5. The van der Waals surface area contributed by atoms with E-state index in [1.54, 1.807) is 61.7 Å². The number of ether oxygens (including phenoxy) is 1. The molecule has 0 radical (unpaired) electrons. The lowest BCUT2D eigenvalue weighted by Gasteiger charge is -2.26. The summed E-state index contributed by atoms with van der Waals surface area (Å²) in [5.41, 5.74) is 2.44. The van der Waals surface area contributed by atoms with Crippen LogP contribution in [0.25, 0.3) is 11.1 Å². The number of carbonyl (C=O) groups excluding carboxylic acids is 1. The SMILES string of the molecule is COCCNC(=O)Cc1cccc(N(c2ccc(-c3ccc(F)cc3)cc2)S(=O)[O-])n1. The third-order valence-corrected chi connectivity index (χ3v) is 5.09. The smallest absolute Gasteiger partial charge is 0.226 e. The van der Waals surface area contributed by atoms with Gasteiger partial charge in [-0.3, -0.25) is 13.3 Å². The Balaban J connectivity index is 1.80. The summed E-state index contributed by atoms with van der Waals surface area (Å²) in [5, 5.41) is 2.70. The summed E-state index contributed by atoms with van der Waals surface area (Å²) in [6.07, 6.45) is 0.0143. The van der Waals surface area contributed by atoms with Crippen LogP contribution in [0.5, 0.6) is 0 Å². The largest absolute Gasteiger partial charge is 0.755 e. The van der Waals surface area contributed by atoms with Gasteiger partial charge in [-0.05, 0) is 47.5 Å². The predicted octanol–water partition coefficient (Wildman–Crippen LogP) is 3.13. The van der Waals surface area contributed by atoms with Crippen molar-refractivity contribution in [3.8, 4) is 11.1 Å². The Morgan fingerprint density at radius 1 is 1.10 bits per heavy atom. The van der Waals surface area contributed by atoms with E-state index in [-0.39, 0.29) is 24.0 Å². The zero-order valence-corrected chi connectivity index (χ0v) is 17.6. The van der Waals surface area contributed by atoms with Gasteiger partial charge in [-0.2, -0.15) is 0 Å². The molecule has 162 valence electrons. The fourth-order valence-electron chi connectivity index (χ4n) is 2.92. The van der Waals surface area contributed by atoms with Crippen LogP contribution in [0.15, 0.2) is 66.7 Å². The first-order valence-corrected chi connectivity index (χ1v) is 10.5. The third-order valence-electron chi connectivity index (χ3n) is 4.40. The highest BCUT2D eigenvalue weighted by molar-refractivity contribution is 7.81. The normalized spacial score (nSPS) is 11.7. The van der Waals surface area contributed by atoms with Crippen molar-refractivity contribution in [3.05, 3.63) is 78.2 Å². The van der Waals surface area contributed by atoms with Gasteiger partial charge in [0.15, 0.2) is 0 Å². The average Bonchev–Trinajstić information content (AvgIpc) is 2.75. The minimum atomic E-state index is -2.63. The number of hydrogen-bond donors (Lipinski definition) is 1. The monoisotopic (exact) mass is 442 g/mol. The van der Waals surface area contributed by atoms with Gasteiger partial charge >= 0.3 is 0 Å². The molecule has 31 heavy (non-hydrogen) atoms. The number of nitrogens with zero attached hydrogens (tertiary/aromatic N) is 2. The Morgan fingerprint density at radius 3 is 2.35 bits per heavy atom. The van der Waals surface area contributed by atoms with Gasteiger partial charge in [0.05, 0.1) is 35.7 Å². The molecule has 0 aliphatic carbocycles. The molecular weight excluding hydrogens is 421 g/mol. The van der Waals surface area contributed by atoms with E-state index in [1.165, 1.54) is 12.1 Å². The number of hydrogen-bond acceptors (Lipinski definition) is 5. The van der Waals surface area contributed by atoms with Gasteiger partial charge in [0, 0.05) is 13.7 Å². The number of rotatable bonds is 9. The first-order valence-electron chi connectivity index (χ1n) is 9.45. The second kappa shape index (κ2) is 10.8. The molecule has 0 spiro atoms. The number of anilines is 2. The highest BCUT2D eigenvalue weighted by Gasteiger charge is 2.14. The zero-order valence-electron chi connectivity index (χ0n) is 16.8. The van der Waals surface area contributed by atoms with E-state index in [0.717, 1.165) is 15.4 Å². The van der Waals surface area contributed by atoms with Crippen LogP contribution in [-0.4, -0.2) is 39.9 Å². The van der Waals surface area contributed by atoms with Crippen LogP contribution < -0.4 is 9.62 Å². The highest BCUT2D eigenvalue weighted by atomic mass is 32.2. The lowest BCUT2D eigenvalue weighted by molar-refractivity contribution is -0.120. The number of nitrogens with one attached hydrogen (secondary N) is 1. The van der Waals surface area contributed by atoms with Crippen molar-refractivity contribution in [1.82, 2.24) is 10.3 Å². The minimum Gasteiger partial charge on any atom is -0.755 e. The van der Waals surface area contributed by atoms with Crippen LogP contribution in [0.3, 0.4) is 0 Å². The van der Waals surface area contributed by atoms with Crippen molar-refractivity contribution in [2.45, 2.75) is 6.42 Å². The van der Waals surface area contributed by atoms with Crippen molar-refractivity contribution in [2.24, 2.45) is 0 Å². The maximum atomic E-state index is 13.1. The van der Waals surface area contributed by atoms with Gasteiger partial charge in [0.2, 0.25) is 5.91 Å². The van der Waals surface area contributed by atoms with Crippen LogP contribution in [0.4, 0.5) is 15.9 Å². The molecule has 0 saturated carbocycles. The van der Waals surface area contributed by atoms with Gasteiger partial charge in [-0.25, -0.2) is 9.37 Å². The molecule has 1 unspecified atom stereocenters. The average molecular weight is 442 g/mol. The van der Waals surface area contributed by atoms with Gasteiger partial charge in [0.25, 0.3) is 0 Å². The maximum Gasteiger partial charge on any atom is 0.226 e. The van der Waals surface area contributed by atoms with Gasteiger partial charge in [0.1, 0.15) is 11.6 Å². The number of benzene rings is 2. The molecule has 0 aliphatic rings. The molecule has 1 aromatic heterocycles. The topological polar surface area (TPSA) is 94.6 Å². The fourth-order valence-corrected chi connectivity index (χ4v) is 3.47. The summed E-state index contributed by atoms with van der Waals surface area (Å²) in [5.74, 6) is -0.392. The molecule has 1 amide bonds. The first-order chi connectivity index (χ1) is 15.0.